The van der Waals surface area contributed by atoms with Crippen LogP contribution < -0.4 is 10.0 Å². The highest BCUT2D eigenvalue weighted by molar-refractivity contribution is 7.92. The van der Waals surface area contributed by atoms with Gasteiger partial charge in [0, 0.05) is 5.69 Å². The number of sulfonamides is 1. The first-order valence-corrected chi connectivity index (χ1v) is 10.8. The fraction of sp³-hybridized carbons (Fsp3) is 0.0952. The van der Waals surface area contributed by atoms with Crippen molar-refractivity contribution in [1.82, 2.24) is 10.1 Å². The van der Waals surface area contributed by atoms with Gasteiger partial charge >= 0.3 is 6.09 Å². The standard InChI is InChI=1S/C21H18N4O6S/c1-29-21(26)22-15-8-10-16(11-9-15)32(27,28)25-17-6-3-2-5-14(17)13-19-23-20(24-31-19)18-7-4-12-30-18/h2-12,25H,13H2,1H3,(H,22,26). The molecule has 0 aliphatic heterocycles. The molecule has 2 N–H and O–H groups in total. The summed E-state index contributed by atoms with van der Waals surface area (Å²) in [5.74, 6) is 1.09. The van der Waals surface area contributed by atoms with E-state index in [-0.39, 0.29) is 11.3 Å². The molecule has 0 aliphatic rings. The van der Waals surface area contributed by atoms with Gasteiger partial charge in [-0.25, -0.2) is 13.2 Å². The number of benzene rings is 2. The number of methoxy groups -OCH3 is 1. The van der Waals surface area contributed by atoms with Gasteiger partial charge < -0.3 is 13.7 Å². The predicted octanol–water partition coefficient (Wildman–Crippen LogP) is 3.90. The van der Waals surface area contributed by atoms with Gasteiger partial charge in [0.25, 0.3) is 10.0 Å². The van der Waals surface area contributed by atoms with Crippen LogP contribution in [0.1, 0.15) is 11.5 Å². The van der Waals surface area contributed by atoms with E-state index in [1.807, 2.05) is 0 Å². The first kappa shape index (κ1) is 21.1. The molecule has 0 fully saturated rings. The van der Waals surface area contributed by atoms with Crippen molar-refractivity contribution < 1.29 is 26.9 Å². The van der Waals surface area contributed by atoms with Crippen LogP contribution in [0.5, 0.6) is 0 Å². The summed E-state index contributed by atoms with van der Waals surface area (Å²) in [5.41, 5.74) is 1.43. The molecule has 0 atom stereocenters. The lowest BCUT2D eigenvalue weighted by molar-refractivity contribution is 0.187. The number of hydrogen-bond donors (Lipinski definition) is 2. The summed E-state index contributed by atoms with van der Waals surface area (Å²) in [6, 6.07) is 16.0. The maximum absolute atomic E-state index is 12.9. The number of nitrogens with one attached hydrogen (secondary N) is 2. The third kappa shape index (κ3) is 4.78. The molecule has 10 nitrogen and oxygen atoms in total. The molecule has 2 heterocycles. The lowest BCUT2D eigenvalue weighted by Crippen LogP contribution is -2.15. The first-order chi connectivity index (χ1) is 15.4. The van der Waals surface area contributed by atoms with Gasteiger partial charge in [-0.1, -0.05) is 23.4 Å². The summed E-state index contributed by atoms with van der Waals surface area (Å²) < 4.78 is 43.4. The Kier molecular flexibility index (Phi) is 5.90. The van der Waals surface area contributed by atoms with E-state index in [0.29, 0.717) is 34.4 Å². The molecule has 4 aromatic rings. The summed E-state index contributed by atoms with van der Waals surface area (Å²) in [7, 11) is -2.65. The molecule has 164 valence electrons. The van der Waals surface area contributed by atoms with E-state index in [1.165, 1.54) is 37.6 Å². The van der Waals surface area contributed by atoms with Crippen LogP contribution in [0.2, 0.25) is 0 Å². The molecule has 32 heavy (non-hydrogen) atoms. The SMILES string of the molecule is COC(=O)Nc1ccc(S(=O)(=O)Nc2ccccc2Cc2nc(-c3ccco3)no2)cc1. The number of aromatic nitrogens is 2. The lowest BCUT2D eigenvalue weighted by Gasteiger charge is -2.12. The number of amides is 1. The number of hydrogen-bond acceptors (Lipinski definition) is 8. The second-order valence-electron chi connectivity index (χ2n) is 6.57. The van der Waals surface area contributed by atoms with Crippen LogP contribution in [0.15, 0.2) is 80.8 Å². The first-order valence-electron chi connectivity index (χ1n) is 9.37. The number of carbonyl (C=O) groups is 1. The fourth-order valence-corrected chi connectivity index (χ4v) is 3.96. The minimum atomic E-state index is -3.88. The molecule has 2 aromatic heterocycles. The molecule has 1 amide bonds. The van der Waals surface area contributed by atoms with E-state index < -0.39 is 16.1 Å². The maximum Gasteiger partial charge on any atom is 0.411 e. The van der Waals surface area contributed by atoms with E-state index in [9.17, 15) is 13.2 Å². The van der Waals surface area contributed by atoms with Gasteiger partial charge in [0.1, 0.15) is 0 Å². The fourth-order valence-electron chi connectivity index (χ4n) is 2.86. The Labute approximate surface area is 183 Å². The minimum Gasteiger partial charge on any atom is -0.461 e. The van der Waals surface area contributed by atoms with E-state index in [4.69, 9.17) is 8.94 Å². The van der Waals surface area contributed by atoms with Crippen molar-refractivity contribution in [2.24, 2.45) is 0 Å². The van der Waals surface area contributed by atoms with Crippen molar-refractivity contribution in [2.75, 3.05) is 17.1 Å². The molecule has 0 bridgehead atoms. The highest BCUT2D eigenvalue weighted by atomic mass is 32.2. The van der Waals surface area contributed by atoms with E-state index >= 15 is 0 Å². The van der Waals surface area contributed by atoms with Crippen molar-refractivity contribution in [3.8, 4) is 11.6 Å². The van der Waals surface area contributed by atoms with Crippen LogP contribution in [0.3, 0.4) is 0 Å². The van der Waals surface area contributed by atoms with Gasteiger partial charge in [-0.15, -0.1) is 0 Å². The number of furan rings is 1. The molecular weight excluding hydrogens is 436 g/mol. The Balaban J connectivity index is 1.52. The van der Waals surface area contributed by atoms with Crippen LogP contribution in [-0.2, 0) is 21.2 Å². The Morgan fingerprint density at radius 2 is 1.84 bits per heavy atom. The van der Waals surface area contributed by atoms with Crippen LogP contribution in [0.4, 0.5) is 16.2 Å². The average molecular weight is 454 g/mol. The Morgan fingerprint density at radius 1 is 1.06 bits per heavy atom. The number of anilines is 2. The minimum absolute atomic E-state index is 0.0283. The number of carbonyl (C=O) groups excluding carboxylic acids is 1. The monoisotopic (exact) mass is 454 g/mol. The second-order valence-corrected chi connectivity index (χ2v) is 8.25. The summed E-state index contributed by atoms with van der Waals surface area (Å²) in [6.45, 7) is 0. The molecule has 0 aliphatic carbocycles. The third-order valence-corrected chi connectivity index (χ3v) is 5.79. The van der Waals surface area contributed by atoms with Crippen LogP contribution in [-0.4, -0.2) is 31.8 Å². The quantitative estimate of drug-likeness (QED) is 0.429. The van der Waals surface area contributed by atoms with Gasteiger partial charge in [-0.05, 0) is 48.0 Å². The lowest BCUT2D eigenvalue weighted by atomic mass is 10.1. The molecular formula is C21H18N4O6S. The maximum atomic E-state index is 12.9. The zero-order chi connectivity index (χ0) is 22.6. The molecule has 0 radical (unpaired) electrons. The van der Waals surface area contributed by atoms with E-state index in [0.717, 1.165) is 0 Å². The number of para-hydroxylation sites is 1. The number of rotatable bonds is 7. The summed E-state index contributed by atoms with van der Waals surface area (Å²) in [6.07, 6.45) is 1.07. The molecule has 0 unspecified atom stereocenters. The average Bonchev–Trinajstić information content (AvgIpc) is 3.47. The normalized spacial score (nSPS) is 11.2. The van der Waals surface area contributed by atoms with Crippen molar-refractivity contribution in [1.29, 1.82) is 0 Å². The van der Waals surface area contributed by atoms with Crippen LogP contribution in [0, 0.1) is 0 Å². The van der Waals surface area contributed by atoms with Crippen molar-refractivity contribution >= 4 is 27.5 Å². The number of nitrogens with zero attached hydrogens (tertiary/aromatic N) is 2. The van der Waals surface area contributed by atoms with Crippen LogP contribution >= 0.6 is 0 Å². The van der Waals surface area contributed by atoms with Crippen molar-refractivity contribution in [2.45, 2.75) is 11.3 Å². The predicted molar refractivity (Wildman–Crippen MR) is 115 cm³/mol. The second kappa shape index (κ2) is 8.94. The van der Waals surface area contributed by atoms with Crippen molar-refractivity contribution in [3.05, 3.63) is 78.4 Å². The van der Waals surface area contributed by atoms with Gasteiger partial charge in [-0.3, -0.25) is 10.0 Å². The largest absolute Gasteiger partial charge is 0.461 e. The highest BCUT2D eigenvalue weighted by Crippen LogP contribution is 2.24. The smallest absolute Gasteiger partial charge is 0.411 e. The molecule has 0 saturated carbocycles. The van der Waals surface area contributed by atoms with E-state index in [1.54, 1.807) is 36.4 Å². The molecule has 11 heteroatoms. The van der Waals surface area contributed by atoms with Crippen molar-refractivity contribution in [3.63, 3.8) is 0 Å². The Bertz CT molecular complexity index is 1310. The third-order valence-electron chi connectivity index (χ3n) is 4.41. The molecule has 0 saturated heterocycles. The topological polar surface area (TPSA) is 137 Å². The highest BCUT2D eigenvalue weighted by Gasteiger charge is 2.18. The summed E-state index contributed by atoms with van der Waals surface area (Å²) >= 11 is 0. The Morgan fingerprint density at radius 3 is 2.56 bits per heavy atom. The van der Waals surface area contributed by atoms with E-state index in [2.05, 4.69) is 24.9 Å². The van der Waals surface area contributed by atoms with Gasteiger partial charge in [0.15, 0.2) is 5.76 Å². The van der Waals surface area contributed by atoms with Gasteiger partial charge in [0.05, 0.1) is 30.4 Å². The van der Waals surface area contributed by atoms with Crippen LogP contribution in [0.25, 0.3) is 11.6 Å². The Hall–Kier alpha value is -4.12. The molecule has 0 spiro atoms. The number of ether oxygens (including phenoxy) is 1. The zero-order valence-electron chi connectivity index (χ0n) is 16.8. The zero-order valence-corrected chi connectivity index (χ0v) is 17.6. The van der Waals surface area contributed by atoms with Gasteiger partial charge in [-0.2, -0.15) is 4.98 Å². The van der Waals surface area contributed by atoms with Gasteiger partial charge in [0.2, 0.25) is 11.7 Å². The molecule has 4 rings (SSSR count). The summed E-state index contributed by atoms with van der Waals surface area (Å²) in [4.78, 5) is 15.6. The molecule has 2 aromatic carbocycles. The summed E-state index contributed by atoms with van der Waals surface area (Å²) in [5, 5.41) is 6.35.